The van der Waals surface area contributed by atoms with E-state index in [1.807, 2.05) is 18.2 Å². The van der Waals surface area contributed by atoms with Crippen molar-refractivity contribution in [1.82, 2.24) is 4.31 Å². The number of rotatable bonds is 6. The number of hydrogen-bond donors (Lipinski definition) is 1. The van der Waals surface area contributed by atoms with Gasteiger partial charge < -0.3 is 9.84 Å². The van der Waals surface area contributed by atoms with Gasteiger partial charge in [-0.2, -0.15) is 30.6 Å². The number of fused-ring (bicyclic) bond motifs is 1. The number of aliphatic carboxylic acids is 1. The summed E-state index contributed by atoms with van der Waals surface area (Å²) >= 11 is 0. The molecule has 1 unspecified atom stereocenters. The van der Waals surface area contributed by atoms with E-state index in [0.717, 1.165) is 28.3 Å². The highest BCUT2D eigenvalue weighted by Gasteiger charge is 2.46. The highest BCUT2D eigenvalue weighted by atomic mass is 32.2. The van der Waals surface area contributed by atoms with Crippen LogP contribution in [0.1, 0.15) is 67.2 Å². The summed E-state index contributed by atoms with van der Waals surface area (Å²) in [4.78, 5) is 10.3. The number of ether oxygens (including phenoxy) is 1. The van der Waals surface area contributed by atoms with Crippen LogP contribution in [0.5, 0.6) is 5.75 Å². The van der Waals surface area contributed by atoms with Gasteiger partial charge in [-0.25, -0.2) is 8.42 Å². The normalized spacial score (nSPS) is 21.1. The standard InChI is InChI=1S/C28H29F6NO5S/c1-16(25(36)37)24(18-3-4-18)19-5-2-17-8-9-26(40-22(17)14-19)10-12-35(13-11-26)41(38,39)23-15-20(27(29,30)31)6-7-21(23)28(32,33)34/h2,5-7,14-16,18,24H,3-4,8-13H2,1H3,(H,36,37)/t16-,24?/m0/s1. The molecule has 1 N–H and O–H groups in total. The molecule has 5 rings (SSSR count). The van der Waals surface area contributed by atoms with Crippen molar-refractivity contribution in [2.45, 2.75) is 74.2 Å². The SMILES string of the molecule is C[C@H](C(=O)O)C(c1ccc2c(c1)OC1(CC2)CCN(S(=O)(=O)c2cc(C(F)(F)F)ccc2C(F)(F)F)CC1)C1CC1. The van der Waals surface area contributed by atoms with Gasteiger partial charge in [-0.05, 0) is 72.9 Å². The zero-order valence-corrected chi connectivity index (χ0v) is 22.9. The van der Waals surface area contributed by atoms with E-state index in [1.54, 1.807) is 6.92 Å². The van der Waals surface area contributed by atoms with Gasteiger partial charge in [-0.3, -0.25) is 4.79 Å². The van der Waals surface area contributed by atoms with Crippen LogP contribution >= 0.6 is 0 Å². The van der Waals surface area contributed by atoms with E-state index in [-0.39, 0.29) is 56.0 Å². The fourth-order valence-electron chi connectivity index (χ4n) is 6.08. The van der Waals surface area contributed by atoms with Crippen LogP contribution in [0.2, 0.25) is 0 Å². The van der Waals surface area contributed by atoms with Gasteiger partial charge in [0, 0.05) is 25.9 Å². The predicted octanol–water partition coefficient (Wildman–Crippen LogP) is 6.49. The van der Waals surface area contributed by atoms with Gasteiger partial charge in [0.05, 0.1) is 21.9 Å². The molecule has 2 aromatic rings. The quantitative estimate of drug-likeness (QED) is 0.381. The summed E-state index contributed by atoms with van der Waals surface area (Å²) in [5.41, 5.74) is -2.16. The first-order valence-electron chi connectivity index (χ1n) is 13.4. The molecule has 224 valence electrons. The summed E-state index contributed by atoms with van der Waals surface area (Å²) in [6.45, 7) is 1.22. The summed E-state index contributed by atoms with van der Waals surface area (Å²) in [6, 6.07) is 6.10. The number of nitrogens with zero attached hydrogens (tertiary/aromatic N) is 1. The number of alkyl halides is 6. The Morgan fingerprint density at radius 2 is 1.66 bits per heavy atom. The summed E-state index contributed by atoms with van der Waals surface area (Å²) in [6.07, 6.45) is -6.91. The lowest BCUT2D eigenvalue weighted by Crippen LogP contribution is -2.51. The largest absolute Gasteiger partial charge is 0.487 e. The lowest BCUT2D eigenvalue weighted by Gasteiger charge is -2.44. The smallest absolute Gasteiger partial charge is 0.417 e. The second-order valence-corrected chi connectivity index (χ2v) is 13.2. The first-order valence-corrected chi connectivity index (χ1v) is 14.8. The summed E-state index contributed by atoms with van der Waals surface area (Å²) < 4.78 is 114. The fourth-order valence-corrected chi connectivity index (χ4v) is 7.76. The first-order chi connectivity index (χ1) is 19.0. The van der Waals surface area contributed by atoms with Crippen molar-refractivity contribution in [1.29, 1.82) is 0 Å². The van der Waals surface area contributed by atoms with Crippen LogP contribution in [0.3, 0.4) is 0 Å². The molecule has 1 saturated carbocycles. The average molecular weight is 606 g/mol. The number of piperidine rings is 1. The molecule has 1 spiro atoms. The van der Waals surface area contributed by atoms with E-state index in [1.165, 1.54) is 0 Å². The number of carbonyl (C=O) groups is 1. The Kier molecular flexibility index (Phi) is 7.37. The van der Waals surface area contributed by atoms with Crippen LogP contribution in [-0.4, -0.2) is 42.5 Å². The molecule has 2 fully saturated rings. The highest BCUT2D eigenvalue weighted by Crippen LogP contribution is 2.49. The minimum atomic E-state index is -5.17. The van der Waals surface area contributed by atoms with Crippen molar-refractivity contribution in [2.75, 3.05) is 13.1 Å². The number of benzene rings is 2. The van der Waals surface area contributed by atoms with E-state index in [9.17, 15) is 44.7 Å². The molecule has 13 heteroatoms. The Morgan fingerprint density at radius 1 is 1.00 bits per heavy atom. The van der Waals surface area contributed by atoms with Crippen molar-refractivity contribution in [3.05, 3.63) is 58.7 Å². The first kappa shape index (κ1) is 29.7. The second-order valence-electron chi connectivity index (χ2n) is 11.3. The fraction of sp³-hybridized carbons (Fsp3) is 0.536. The Hall–Kier alpha value is -2.80. The maximum Gasteiger partial charge on any atom is 0.417 e. The Labute approximate surface area is 233 Å². The summed E-state index contributed by atoms with van der Waals surface area (Å²) in [5.74, 6) is -0.821. The number of carboxylic acid groups (broad SMARTS) is 1. The molecule has 0 amide bonds. The molecule has 3 aliphatic rings. The van der Waals surface area contributed by atoms with E-state index in [0.29, 0.717) is 18.6 Å². The molecule has 2 aromatic carbocycles. The molecule has 41 heavy (non-hydrogen) atoms. The molecule has 0 bridgehead atoms. The van der Waals surface area contributed by atoms with Crippen molar-refractivity contribution in [2.24, 2.45) is 11.8 Å². The monoisotopic (exact) mass is 605 g/mol. The van der Waals surface area contributed by atoms with Crippen LogP contribution in [0.15, 0.2) is 41.3 Å². The van der Waals surface area contributed by atoms with E-state index < -0.39 is 55.9 Å². The van der Waals surface area contributed by atoms with Gasteiger partial charge in [0.25, 0.3) is 0 Å². The third-order valence-corrected chi connectivity index (χ3v) is 10.5. The topological polar surface area (TPSA) is 83.9 Å². The molecule has 2 atom stereocenters. The molecule has 0 radical (unpaired) electrons. The highest BCUT2D eigenvalue weighted by molar-refractivity contribution is 7.89. The molecule has 2 heterocycles. The van der Waals surface area contributed by atoms with Crippen LogP contribution in [0.4, 0.5) is 26.3 Å². The molecule has 6 nitrogen and oxygen atoms in total. The van der Waals surface area contributed by atoms with Crippen LogP contribution < -0.4 is 4.74 Å². The minimum Gasteiger partial charge on any atom is -0.487 e. The zero-order valence-electron chi connectivity index (χ0n) is 22.1. The number of hydrogen-bond acceptors (Lipinski definition) is 4. The maximum absolute atomic E-state index is 13.6. The zero-order chi connectivity index (χ0) is 30.0. The lowest BCUT2D eigenvalue weighted by atomic mass is 9.80. The Balaban J connectivity index is 1.37. The number of halogens is 6. The Bertz CT molecular complexity index is 1440. The number of sulfonamides is 1. The van der Waals surface area contributed by atoms with Gasteiger partial charge in [0.2, 0.25) is 10.0 Å². The molecular weight excluding hydrogens is 576 g/mol. The Morgan fingerprint density at radius 3 is 2.22 bits per heavy atom. The molecule has 2 aliphatic heterocycles. The van der Waals surface area contributed by atoms with Crippen LogP contribution in [0.25, 0.3) is 0 Å². The molecule has 0 aromatic heterocycles. The van der Waals surface area contributed by atoms with Gasteiger partial charge in [0.1, 0.15) is 11.4 Å². The minimum absolute atomic E-state index is 0.0474. The average Bonchev–Trinajstić information content (AvgIpc) is 3.72. The van der Waals surface area contributed by atoms with Crippen molar-refractivity contribution in [3.8, 4) is 5.75 Å². The van der Waals surface area contributed by atoms with Gasteiger partial charge in [0.15, 0.2) is 0 Å². The van der Waals surface area contributed by atoms with Gasteiger partial charge >= 0.3 is 18.3 Å². The molecular formula is C28H29F6NO5S. The molecule has 1 aliphatic carbocycles. The summed E-state index contributed by atoms with van der Waals surface area (Å²) in [7, 11) is -4.91. The van der Waals surface area contributed by atoms with Crippen molar-refractivity contribution >= 4 is 16.0 Å². The van der Waals surface area contributed by atoms with Crippen LogP contribution in [-0.2, 0) is 33.6 Å². The van der Waals surface area contributed by atoms with Crippen molar-refractivity contribution in [3.63, 3.8) is 0 Å². The third kappa shape index (κ3) is 5.79. The number of carboxylic acids is 1. The number of aryl methyl sites for hydroxylation is 1. The van der Waals surface area contributed by atoms with Gasteiger partial charge in [-0.1, -0.05) is 19.1 Å². The summed E-state index contributed by atoms with van der Waals surface area (Å²) in [5, 5.41) is 9.61. The third-order valence-electron chi connectivity index (χ3n) is 8.58. The van der Waals surface area contributed by atoms with Crippen LogP contribution in [0, 0.1) is 11.8 Å². The predicted molar refractivity (Wildman–Crippen MR) is 135 cm³/mol. The van der Waals surface area contributed by atoms with Crippen molar-refractivity contribution < 1.29 is 49.4 Å². The van der Waals surface area contributed by atoms with E-state index in [4.69, 9.17) is 4.74 Å². The van der Waals surface area contributed by atoms with E-state index >= 15 is 0 Å². The van der Waals surface area contributed by atoms with Gasteiger partial charge in [-0.15, -0.1) is 0 Å². The molecule has 1 saturated heterocycles. The lowest BCUT2D eigenvalue weighted by molar-refractivity contribution is -0.143. The second kappa shape index (κ2) is 10.2. The maximum atomic E-state index is 13.6. The van der Waals surface area contributed by atoms with E-state index in [2.05, 4.69) is 0 Å².